The highest BCUT2D eigenvalue weighted by molar-refractivity contribution is 8.00. The zero-order chi connectivity index (χ0) is 23.0. The van der Waals surface area contributed by atoms with E-state index in [0.29, 0.717) is 11.6 Å². The molecule has 0 spiro atoms. The molecule has 0 bridgehead atoms. The standard InChI is InChI=1S/C26H23N3O2S2/c1-18(25(31)29-26-28-23(17-32-26)20-10-6-3-7-11-20)33-22-14-12-21(13-15-22)27-24(30)16-19-8-4-2-5-9-19/h2-15,17-18H,16H2,1H3,(H,27,30)(H,28,29,31). The van der Waals surface area contributed by atoms with Gasteiger partial charge in [-0.3, -0.25) is 9.59 Å². The van der Waals surface area contributed by atoms with E-state index < -0.39 is 0 Å². The number of thiazole rings is 1. The van der Waals surface area contributed by atoms with Gasteiger partial charge in [0.2, 0.25) is 11.8 Å². The summed E-state index contributed by atoms with van der Waals surface area (Å²) in [5, 5.41) is 8.04. The second kappa shape index (κ2) is 10.9. The number of nitrogens with zero attached hydrogens (tertiary/aromatic N) is 1. The second-order valence-electron chi connectivity index (χ2n) is 7.39. The zero-order valence-corrected chi connectivity index (χ0v) is 19.7. The lowest BCUT2D eigenvalue weighted by atomic mass is 10.1. The van der Waals surface area contributed by atoms with Gasteiger partial charge in [0.1, 0.15) is 0 Å². The van der Waals surface area contributed by atoms with Crippen LogP contribution in [0.1, 0.15) is 12.5 Å². The summed E-state index contributed by atoms with van der Waals surface area (Å²) in [6, 6.07) is 27.0. The fourth-order valence-corrected chi connectivity index (χ4v) is 4.73. The van der Waals surface area contributed by atoms with Gasteiger partial charge in [-0.25, -0.2) is 4.98 Å². The van der Waals surface area contributed by atoms with E-state index in [4.69, 9.17) is 0 Å². The van der Waals surface area contributed by atoms with Gasteiger partial charge in [-0.15, -0.1) is 23.1 Å². The molecule has 4 aromatic rings. The minimum atomic E-state index is -0.299. The average Bonchev–Trinajstić information content (AvgIpc) is 3.30. The number of amides is 2. The number of benzene rings is 3. The Morgan fingerprint density at radius 3 is 2.27 bits per heavy atom. The first kappa shape index (κ1) is 22.8. The molecule has 1 aromatic heterocycles. The van der Waals surface area contributed by atoms with E-state index >= 15 is 0 Å². The number of carbonyl (C=O) groups excluding carboxylic acids is 2. The maximum atomic E-state index is 12.6. The number of rotatable bonds is 8. The van der Waals surface area contributed by atoms with Crippen molar-refractivity contribution in [2.75, 3.05) is 10.6 Å². The molecule has 1 unspecified atom stereocenters. The molecule has 2 N–H and O–H groups in total. The first-order valence-corrected chi connectivity index (χ1v) is 12.2. The van der Waals surface area contributed by atoms with Gasteiger partial charge in [-0.1, -0.05) is 60.7 Å². The highest BCUT2D eigenvalue weighted by Gasteiger charge is 2.16. The molecule has 33 heavy (non-hydrogen) atoms. The van der Waals surface area contributed by atoms with Gasteiger partial charge in [0.15, 0.2) is 5.13 Å². The van der Waals surface area contributed by atoms with Crippen LogP contribution in [0.5, 0.6) is 0 Å². The third-order valence-electron chi connectivity index (χ3n) is 4.83. The van der Waals surface area contributed by atoms with Gasteiger partial charge in [-0.05, 0) is 36.8 Å². The minimum Gasteiger partial charge on any atom is -0.326 e. The van der Waals surface area contributed by atoms with E-state index in [1.165, 1.54) is 23.1 Å². The van der Waals surface area contributed by atoms with Crippen LogP contribution < -0.4 is 10.6 Å². The third kappa shape index (κ3) is 6.54. The Hall–Kier alpha value is -3.42. The molecule has 0 aliphatic rings. The van der Waals surface area contributed by atoms with Gasteiger partial charge in [0, 0.05) is 21.5 Å². The first-order valence-electron chi connectivity index (χ1n) is 10.5. The molecule has 7 heteroatoms. The summed E-state index contributed by atoms with van der Waals surface area (Å²) in [6.45, 7) is 1.86. The molecule has 0 saturated carbocycles. The first-order chi connectivity index (χ1) is 16.1. The fraction of sp³-hybridized carbons (Fsp3) is 0.115. The lowest BCUT2D eigenvalue weighted by Gasteiger charge is -2.11. The summed E-state index contributed by atoms with van der Waals surface area (Å²) >= 11 is 2.87. The van der Waals surface area contributed by atoms with E-state index in [1.54, 1.807) is 0 Å². The van der Waals surface area contributed by atoms with E-state index in [0.717, 1.165) is 27.4 Å². The topological polar surface area (TPSA) is 71.1 Å². The summed E-state index contributed by atoms with van der Waals surface area (Å²) in [6.07, 6.45) is 0.331. The number of nitrogens with one attached hydrogen (secondary N) is 2. The van der Waals surface area contributed by atoms with Crippen LogP contribution in [-0.2, 0) is 16.0 Å². The average molecular weight is 474 g/mol. The lowest BCUT2D eigenvalue weighted by molar-refractivity contribution is -0.116. The van der Waals surface area contributed by atoms with E-state index in [1.807, 2.05) is 97.2 Å². The molecule has 2 amide bonds. The molecule has 0 aliphatic carbocycles. The molecule has 4 rings (SSSR count). The Morgan fingerprint density at radius 1 is 0.909 bits per heavy atom. The predicted octanol–water partition coefficient (Wildman–Crippen LogP) is 6.11. The fourth-order valence-electron chi connectivity index (χ4n) is 3.14. The van der Waals surface area contributed by atoms with Crippen molar-refractivity contribution in [1.82, 2.24) is 4.98 Å². The summed E-state index contributed by atoms with van der Waals surface area (Å²) in [5.74, 6) is -0.165. The van der Waals surface area contributed by atoms with Gasteiger partial charge in [0.05, 0.1) is 17.4 Å². The van der Waals surface area contributed by atoms with Crippen LogP contribution in [0, 0.1) is 0 Å². The monoisotopic (exact) mass is 473 g/mol. The Labute approximate surface area is 201 Å². The van der Waals surface area contributed by atoms with Crippen LogP contribution in [0.4, 0.5) is 10.8 Å². The van der Waals surface area contributed by atoms with E-state index in [9.17, 15) is 9.59 Å². The molecule has 0 radical (unpaired) electrons. The number of anilines is 2. The lowest BCUT2D eigenvalue weighted by Crippen LogP contribution is -2.22. The van der Waals surface area contributed by atoms with Crippen LogP contribution in [0.15, 0.2) is 95.2 Å². The molecule has 5 nitrogen and oxygen atoms in total. The van der Waals surface area contributed by atoms with Crippen molar-refractivity contribution in [3.05, 3.63) is 95.9 Å². The van der Waals surface area contributed by atoms with Gasteiger partial charge in [0.25, 0.3) is 0 Å². The molecule has 0 aliphatic heterocycles. The predicted molar refractivity (Wildman–Crippen MR) is 137 cm³/mol. The Bertz CT molecular complexity index is 1210. The van der Waals surface area contributed by atoms with Gasteiger partial charge in [-0.2, -0.15) is 0 Å². The van der Waals surface area contributed by atoms with Crippen LogP contribution in [0.3, 0.4) is 0 Å². The van der Waals surface area contributed by atoms with E-state index in [2.05, 4.69) is 15.6 Å². The van der Waals surface area contributed by atoms with Crippen LogP contribution in [0.2, 0.25) is 0 Å². The molecular formula is C26H23N3O2S2. The van der Waals surface area contributed by atoms with Crippen molar-refractivity contribution >= 4 is 45.7 Å². The molecule has 166 valence electrons. The number of hydrogen-bond acceptors (Lipinski definition) is 5. The zero-order valence-electron chi connectivity index (χ0n) is 18.0. The normalized spacial score (nSPS) is 11.5. The molecule has 3 aromatic carbocycles. The van der Waals surface area contributed by atoms with Crippen molar-refractivity contribution in [3.8, 4) is 11.3 Å². The van der Waals surface area contributed by atoms with Crippen molar-refractivity contribution in [2.45, 2.75) is 23.5 Å². The maximum absolute atomic E-state index is 12.6. The summed E-state index contributed by atoms with van der Waals surface area (Å²) in [4.78, 5) is 30.3. The molecular weight excluding hydrogens is 450 g/mol. The second-order valence-corrected chi connectivity index (χ2v) is 9.66. The SMILES string of the molecule is CC(Sc1ccc(NC(=O)Cc2ccccc2)cc1)C(=O)Nc1nc(-c2ccccc2)cs1. The Kier molecular flexibility index (Phi) is 7.55. The van der Waals surface area contributed by atoms with Crippen LogP contribution in [-0.4, -0.2) is 22.0 Å². The van der Waals surface area contributed by atoms with E-state index in [-0.39, 0.29) is 17.1 Å². The molecule has 0 saturated heterocycles. The highest BCUT2D eigenvalue weighted by Crippen LogP contribution is 2.28. The summed E-state index contributed by atoms with van der Waals surface area (Å²) in [5.41, 5.74) is 3.57. The number of aromatic nitrogens is 1. The van der Waals surface area contributed by atoms with Gasteiger partial charge < -0.3 is 10.6 Å². The molecule has 0 fully saturated rings. The van der Waals surface area contributed by atoms with Crippen LogP contribution >= 0.6 is 23.1 Å². The number of carbonyl (C=O) groups is 2. The van der Waals surface area contributed by atoms with Gasteiger partial charge >= 0.3 is 0 Å². The van der Waals surface area contributed by atoms with Crippen molar-refractivity contribution in [2.24, 2.45) is 0 Å². The minimum absolute atomic E-state index is 0.0623. The smallest absolute Gasteiger partial charge is 0.239 e. The van der Waals surface area contributed by atoms with Crippen molar-refractivity contribution < 1.29 is 9.59 Å². The van der Waals surface area contributed by atoms with Crippen LogP contribution in [0.25, 0.3) is 11.3 Å². The van der Waals surface area contributed by atoms with Crippen molar-refractivity contribution in [1.29, 1.82) is 0 Å². The molecule has 1 heterocycles. The number of thioether (sulfide) groups is 1. The Morgan fingerprint density at radius 2 is 1.58 bits per heavy atom. The quantitative estimate of drug-likeness (QED) is 0.303. The summed E-state index contributed by atoms with van der Waals surface area (Å²) < 4.78 is 0. The molecule has 1 atom stereocenters. The third-order valence-corrected chi connectivity index (χ3v) is 6.70. The number of hydrogen-bond donors (Lipinski definition) is 2. The largest absolute Gasteiger partial charge is 0.326 e. The Balaban J connectivity index is 1.28. The van der Waals surface area contributed by atoms with Crippen molar-refractivity contribution in [3.63, 3.8) is 0 Å². The maximum Gasteiger partial charge on any atom is 0.239 e. The highest BCUT2D eigenvalue weighted by atomic mass is 32.2. The summed E-state index contributed by atoms with van der Waals surface area (Å²) in [7, 11) is 0.